The van der Waals surface area contributed by atoms with Crippen LogP contribution in [0.1, 0.15) is 35.7 Å². The van der Waals surface area contributed by atoms with E-state index in [1.165, 1.54) is 0 Å². The number of hydrogen-bond acceptors (Lipinski definition) is 4. The van der Waals surface area contributed by atoms with Crippen molar-refractivity contribution in [2.45, 2.75) is 37.6 Å². The zero-order chi connectivity index (χ0) is 17.3. The first-order valence-corrected chi connectivity index (χ1v) is 9.47. The number of rotatable bonds is 4. The molecule has 0 bridgehead atoms. The van der Waals surface area contributed by atoms with Crippen LogP contribution in [-0.4, -0.2) is 31.4 Å². The van der Waals surface area contributed by atoms with E-state index in [1.807, 2.05) is 25.1 Å². The summed E-state index contributed by atoms with van der Waals surface area (Å²) < 4.78 is 33.4. The van der Waals surface area contributed by atoms with E-state index in [0.29, 0.717) is 22.8 Å². The van der Waals surface area contributed by atoms with E-state index in [-0.39, 0.29) is 6.04 Å². The molecule has 1 fully saturated rings. The van der Waals surface area contributed by atoms with E-state index in [4.69, 9.17) is 4.74 Å². The number of methoxy groups -OCH3 is 1. The molecule has 1 atom stereocenters. The van der Waals surface area contributed by atoms with Gasteiger partial charge in [-0.25, -0.2) is 8.42 Å². The molecule has 1 unspecified atom stereocenters. The zero-order valence-electron chi connectivity index (χ0n) is 14.2. The molecule has 1 aliphatic heterocycles. The van der Waals surface area contributed by atoms with Gasteiger partial charge in [-0.1, -0.05) is 6.07 Å². The van der Waals surface area contributed by atoms with Crippen LogP contribution in [0.2, 0.25) is 0 Å². The summed E-state index contributed by atoms with van der Waals surface area (Å²) >= 11 is 0. The molecule has 5 nitrogen and oxygen atoms in total. The van der Waals surface area contributed by atoms with E-state index in [1.54, 1.807) is 36.7 Å². The summed E-state index contributed by atoms with van der Waals surface area (Å²) in [6.07, 6.45) is 3.35. The lowest BCUT2D eigenvalue weighted by atomic mass is 10.1. The minimum Gasteiger partial charge on any atom is -0.496 e. The van der Waals surface area contributed by atoms with Crippen molar-refractivity contribution in [3.05, 3.63) is 53.3 Å². The van der Waals surface area contributed by atoms with Gasteiger partial charge in [-0.2, -0.15) is 4.31 Å². The Morgan fingerprint density at radius 3 is 2.67 bits per heavy atom. The number of hydrogen-bond donors (Lipinski definition) is 0. The molecule has 128 valence electrons. The minimum absolute atomic E-state index is 0.196. The SMILES string of the molecule is COc1cc(C)c(S(=O)(=O)N2CCCC2c2ccccn2)cc1C. The molecule has 2 heterocycles. The third kappa shape index (κ3) is 2.91. The van der Waals surface area contributed by atoms with Gasteiger partial charge in [0.05, 0.1) is 23.7 Å². The highest BCUT2D eigenvalue weighted by Crippen LogP contribution is 2.37. The van der Waals surface area contributed by atoms with Gasteiger partial charge >= 0.3 is 0 Å². The van der Waals surface area contributed by atoms with E-state index in [2.05, 4.69) is 4.98 Å². The molecular weight excluding hydrogens is 324 g/mol. The summed E-state index contributed by atoms with van der Waals surface area (Å²) in [5.41, 5.74) is 2.32. The lowest BCUT2D eigenvalue weighted by Crippen LogP contribution is -2.31. The standard InChI is InChI=1S/C18H22N2O3S/c1-13-12-18(14(2)11-17(13)23-3)24(21,22)20-10-6-8-16(20)15-7-4-5-9-19-15/h4-5,7,9,11-12,16H,6,8,10H2,1-3H3. The highest BCUT2D eigenvalue weighted by molar-refractivity contribution is 7.89. The van der Waals surface area contributed by atoms with E-state index >= 15 is 0 Å². The zero-order valence-corrected chi connectivity index (χ0v) is 15.0. The van der Waals surface area contributed by atoms with Gasteiger partial charge in [0.1, 0.15) is 5.75 Å². The fourth-order valence-corrected chi connectivity index (χ4v) is 5.25. The molecule has 0 N–H and O–H groups in total. The Balaban J connectivity index is 2.03. The Morgan fingerprint density at radius 1 is 1.21 bits per heavy atom. The molecule has 0 spiro atoms. The number of sulfonamides is 1. The van der Waals surface area contributed by atoms with Crippen molar-refractivity contribution in [2.24, 2.45) is 0 Å². The highest BCUT2D eigenvalue weighted by atomic mass is 32.2. The third-order valence-electron chi connectivity index (χ3n) is 4.51. The minimum atomic E-state index is -3.58. The second-order valence-corrected chi connectivity index (χ2v) is 7.97. The van der Waals surface area contributed by atoms with E-state index < -0.39 is 10.0 Å². The summed E-state index contributed by atoms with van der Waals surface area (Å²) in [4.78, 5) is 4.71. The first-order chi connectivity index (χ1) is 11.4. The molecule has 0 saturated carbocycles. The topological polar surface area (TPSA) is 59.5 Å². The van der Waals surface area contributed by atoms with Crippen LogP contribution in [0.25, 0.3) is 0 Å². The summed E-state index contributed by atoms with van der Waals surface area (Å²) in [6, 6.07) is 8.93. The van der Waals surface area contributed by atoms with Gasteiger partial charge in [-0.3, -0.25) is 4.98 Å². The van der Waals surface area contributed by atoms with Crippen molar-refractivity contribution >= 4 is 10.0 Å². The maximum Gasteiger partial charge on any atom is 0.243 e. The van der Waals surface area contributed by atoms with Crippen molar-refractivity contribution in [1.29, 1.82) is 0 Å². The Bertz CT molecular complexity index is 835. The fraction of sp³-hybridized carbons (Fsp3) is 0.389. The van der Waals surface area contributed by atoms with Crippen molar-refractivity contribution in [1.82, 2.24) is 9.29 Å². The number of pyridine rings is 1. The second kappa shape index (κ2) is 6.53. The van der Waals surface area contributed by atoms with Crippen LogP contribution in [0.5, 0.6) is 5.75 Å². The lowest BCUT2D eigenvalue weighted by molar-refractivity contribution is 0.389. The molecule has 1 aromatic heterocycles. The number of nitrogens with zero attached hydrogens (tertiary/aromatic N) is 2. The third-order valence-corrected chi connectivity index (χ3v) is 6.56. The summed E-state index contributed by atoms with van der Waals surface area (Å²) in [5, 5.41) is 0. The van der Waals surface area contributed by atoms with Gasteiger partial charge in [0.2, 0.25) is 10.0 Å². The summed E-state index contributed by atoms with van der Waals surface area (Å²) in [6.45, 7) is 4.19. The van der Waals surface area contributed by atoms with Crippen LogP contribution in [0.4, 0.5) is 0 Å². The van der Waals surface area contributed by atoms with Crippen LogP contribution in [0.3, 0.4) is 0 Å². The van der Waals surface area contributed by atoms with Gasteiger partial charge in [-0.05, 0) is 62.1 Å². The lowest BCUT2D eigenvalue weighted by Gasteiger charge is -2.25. The number of aromatic nitrogens is 1. The summed E-state index contributed by atoms with van der Waals surface area (Å²) in [5.74, 6) is 0.703. The molecule has 0 aliphatic carbocycles. The first-order valence-electron chi connectivity index (χ1n) is 8.03. The number of aryl methyl sites for hydroxylation is 2. The van der Waals surface area contributed by atoms with Crippen LogP contribution < -0.4 is 4.74 Å². The average Bonchev–Trinajstić information content (AvgIpc) is 3.08. The van der Waals surface area contributed by atoms with Crippen LogP contribution >= 0.6 is 0 Å². The first kappa shape index (κ1) is 16.9. The molecule has 0 amide bonds. The quantitative estimate of drug-likeness (QED) is 0.853. The van der Waals surface area contributed by atoms with E-state index in [0.717, 1.165) is 24.1 Å². The van der Waals surface area contributed by atoms with Crippen molar-refractivity contribution < 1.29 is 13.2 Å². The second-order valence-electron chi connectivity index (χ2n) is 6.12. The number of ether oxygens (including phenoxy) is 1. The van der Waals surface area contributed by atoms with Gasteiger partial charge in [-0.15, -0.1) is 0 Å². The van der Waals surface area contributed by atoms with Gasteiger partial charge in [0.25, 0.3) is 0 Å². The van der Waals surface area contributed by atoms with Gasteiger partial charge in [0.15, 0.2) is 0 Å². The fourth-order valence-electron chi connectivity index (χ4n) is 3.28. The monoisotopic (exact) mass is 346 g/mol. The Hall–Kier alpha value is -1.92. The maximum atomic E-state index is 13.2. The van der Waals surface area contributed by atoms with Crippen molar-refractivity contribution in [2.75, 3.05) is 13.7 Å². The van der Waals surface area contributed by atoms with Gasteiger partial charge in [0, 0.05) is 12.7 Å². The predicted molar refractivity (Wildman–Crippen MR) is 92.6 cm³/mol. The molecule has 3 rings (SSSR count). The largest absolute Gasteiger partial charge is 0.496 e. The van der Waals surface area contributed by atoms with Gasteiger partial charge < -0.3 is 4.74 Å². The van der Waals surface area contributed by atoms with Crippen LogP contribution in [0, 0.1) is 13.8 Å². The highest BCUT2D eigenvalue weighted by Gasteiger charge is 2.37. The molecule has 1 aliphatic rings. The normalized spacial score (nSPS) is 18.7. The van der Waals surface area contributed by atoms with Crippen molar-refractivity contribution in [3.63, 3.8) is 0 Å². The molecular formula is C18H22N2O3S. The maximum absolute atomic E-state index is 13.2. The van der Waals surface area contributed by atoms with Crippen molar-refractivity contribution in [3.8, 4) is 5.75 Å². The average molecular weight is 346 g/mol. The molecule has 24 heavy (non-hydrogen) atoms. The molecule has 6 heteroatoms. The summed E-state index contributed by atoms with van der Waals surface area (Å²) in [7, 11) is -1.99. The molecule has 1 saturated heterocycles. The Morgan fingerprint density at radius 2 is 2.00 bits per heavy atom. The smallest absolute Gasteiger partial charge is 0.243 e. The molecule has 1 aromatic carbocycles. The van der Waals surface area contributed by atoms with Crippen LogP contribution in [0.15, 0.2) is 41.4 Å². The Labute approximate surface area is 143 Å². The van der Waals surface area contributed by atoms with E-state index in [9.17, 15) is 8.42 Å². The predicted octanol–water partition coefficient (Wildman–Crippen LogP) is 3.23. The number of benzene rings is 1. The van der Waals surface area contributed by atoms with Crippen LogP contribution in [-0.2, 0) is 10.0 Å². The Kier molecular flexibility index (Phi) is 4.60. The molecule has 2 aromatic rings. The molecule has 0 radical (unpaired) electrons.